The summed E-state index contributed by atoms with van der Waals surface area (Å²) in [6.45, 7) is -0.0998. The number of nitrogens with one attached hydrogen (secondary N) is 2. The smallest absolute Gasteiger partial charge is 0.239 e. The Labute approximate surface area is 128 Å². The molecule has 2 aromatic rings. The zero-order valence-corrected chi connectivity index (χ0v) is 12.0. The van der Waals surface area contributed by atoms with Crippen molar-refractivity contribution in [3.63, 3.8) is 0 Å². The molecule has 6 heteroatoms. The number of hydrogen-bond acceptors (Lipinski definition) is 4. The highest BCUT2D eigenvalue weighted by Gasteiger charge is 2.12. The topological polar surface area (TPSA) is 91.6 Å². The van der Waals surface area contributed by atoms with Crippen LogP contribution in [0.3, 0.4) is 0 Å². The minimum Gasteiger partial charge on any atom is -0.467 e. The van der Waals surface area contributed by atoms with Crippen molar-refractivity contribution in [2.24, 2.45) is 0 Å². The standard InChI is InChI=1S/C16H18N2O4/c19-13(14-7-4-8-22-14)10-17-16(21)11-18-15(20)9-12-5-2-1-3-6-12/h1-8,13,19H,9-11H2,(H,17,21)(H,18,20). The van der Waals surface area contributed by atoms with Gasteiger partial charge in [-0.3, -0.25) is 9.59 Å². The number of benzene rings is 1. The van der Waals surface area contributed by atoms with Gasteiger partial charge in [-0.2, -0.15) is 0 Å². The molecule has 1 aromatic carbocycles. The Hall–Kier alpha value is -2.60. The highest BCUT2D eigenvalue weighted by atomic mass is 16.4. The lowest BCUT2D eigenvalue weighted by molar-refractivity contribution is -0.126. The summed E-state index contributed by atoms with van der Waals surface area (Å²) in [5, 5.41) is 14.8. The molecular weight excluding hydrogens is 284 g/mol. The van der Waals surface area contributed by atoms with E-state index >= 15 is 0 Å². The van der Waals surface area contributed by atoms with Crippen molar-refractivity contribution in [3.8, 4) is 0 Å². The van der Waals surface area contributed by atoms with E-state index in [0.29, 0.717) is 5.76 Å². The molecule has 0 bridgehead atoms. The number of furan rings is 1. The molecule has 0 radical (unpaired) electrons. The van der Waals surface area contributed by atoms with Crippen LogP contribution >= 0.6 is 0 Å². The van der Waals surface area contributed by atoms with E-state index < -0.39 is 6.10 Å². The third-order valence-electron chi connectivity index (χ3n) is 3.02. The van der Waals surface area contributed by atoms with Gasteiger partial charge in [-0.05, 0) is 17.7 Å². The predicted octanol–water partition coefficient (Wildman–Crippen LogP) is 0.788. The van der Waals surface area contributed by atoms with Crippen molar-refractivity contribution in [3.05, 3.63) is 60.1 Å². The molecule has 22 heavy (non-hydrogen) atoms. The normalized spacial score (nSPS) is 11.7. The number of carbonyl (C=O) groups is 2. The van der Waals surface area contributed by atoms with Crippen molar-refractivity contribution in [2.75, 3.05) is 13.1 Å². The second kappa shape index (κ2) is 7.99. The molecule has 1 aromatic heterocycles. The summed E-state index contributed by atoms with van der Waals surface area (Å²) in [7, 11) is 0. The first-order valence-corrected chi connectivity index (χ1v) is 6.94. The first-order chi connectivity index (χ1) is 10.6. The van der Waals surface area contributed by atoms with E-state index in [1.807, 2.05) is 30.3 Å². The largest absolute Gasteiger partial charge is 0.467 e. The third kappa shape index (κ3) is 5.06. The van der Waals surface area contributed by atoms with E-state index in [2.05, 4.69) is 10.6 Å². The van der Waals surface area contributed by atoms with Gasteiger partial charge in [-0.15, -0.1) is 0 Å². The van der Waals surface area contributed by atoms with Crippen LogP contribution in [0.4, 0.5) is 0 Å². The highest BCUT2D eigenvalue weighted by Crippen LogP contribution is 2.11. The van der Waals surface area contributed by atoms with Crippen LogP contribution < -0.4 is 10.6 Å². The van der Waals surface area contributed by atoms with Crippen molar-refractivity contribution in [2.45, 2.75) is 12.5 Å². The lowest BCUT2D eigenvalue weighted by Crippen LogP contribution is -2.39. The molecule has 0 aliphatic rings. The van der Waals surface area contributed by atoms with E-state index in [0.717, 1.165) is 5.56 Å². The van der Waals surface area contributed by atoms with Crippen LogP contribution in [-0.2, 0) is 16.0 Å². The number of aliphatic hydroxyl groups excluding tert-OH is 1. The van der Waals surface area contributed by atoms with Crippen molar-refractivity contribution < 1.29 is 19.1 Å². The molecule has 6 nitrogen and oxygen atoms in total. The fraction of sp³-hybridized carbons (Fsp3) is 0.250. The van der Waals surface area contributed by atoms with E-state index in [-0.39, 0.29) is 31.3 Å². The van der Waals surface area contributed by atoms with Crippen molar-refractivity contribution in [1.29, 1.82) is 0 Å². The monoisotopic (exact) mass is 302 g/mol. The van der Waals surface area contributed by atoms with Crippen molar-refractivity contribution >= 4 is 11.8 Å². The summed E-state index contributed by atoms with van der Waals surface area (Å²) in [4.78, 5) is 23.3. The van der Waals surface area contributed by atoms with E-state index in [1.165, 1.54) is 6.26 Å². The average molecular weight is 302 g/mol. The molecule has 1 heterocycles. The first kappa shape index (κ1) is 15.8. The molecule has 0 spiro atoms. The van der Waals surface area contributed by atoms with Crippen LogP contribution in [0.1, 0.15) is 17.4 Å². The molecule has 0 saturated carbocycles. The quantitative estimate of drug-likeness (QED) is 0.705. The number of rotatable bonds is 7. The van der Waals surface area contributed by atoms with E-state index in [9.17, 15) is 14.7 Å². The van der Waals surface area contributed by atoms with Crippen LogP contribution in [-0.4, -0.2) is 30.0 Å². The maximum Gasteiger partial charge on any atom is 0.239 e. The summed E-state index contributed by atoms with van der Waals surface area (Å²) in [5.41, 5.74) is 0.883. The molecule has 1 atom stereocenters. The number of carbonyl (C=O) groups excluding carboxylic acids is 2. The third-order valence-corrected chi connectivity index (χ3v) is 3.02. The summed E-state index contributed by atoms with van der Waals surface area (Å²) >= 11 is 0. The molecule has 2 rings (SSSR count). The Bertz CT molecular complexity index is 596. The second-order valence-electron chi connectivity index (χ2n) is 4.77. The molecule has 0 aliphatic heterocycles. The van der Waals surface area contributed by atoms with Crippen LogP contribution in [0.15, 0.2) is 53.1 Å². The van der Waals surface area contributed by atoms with E-state index in [1.54, 1.807) is 12.1 Å². The lowest BCUT2D eigenvalue weighted by atomic mass is 10.1. The fourth-order valence-corrected chi connectivity index (χ4v) is 1.88. The molecule has 1 unspecified atom stereocenters. The number of amides is 2. The van der Waals surface area contributed by atoms with Gasteiger partial charge in [0.15, 0.2) is 0 Å². The summed E-state index contributed by atoms with van der Waals surface area (Å²) < 4.78 is 5.02. The van der Waals surface area contributed by atoms with Crippen LogP contribution in [0.2, 0.25) is 0 Å². The Kier molecular flexibility index (Phi) is 5.73. The first-order valence-electron chi connectivity index (χ1n) is 6.94. The Morgan fingerprint density at radius 2 is 1.82 bits per heavy atom. The molecule has 116 valence electrons. The maximum absolute atomic E-state index is 11.7. The van der Waals surface area contributed by atoms with Gasteiger partial charge in [0, 0.05) is 0 Å². The SMILES string of the molecule is O=C(CNC(=O)Cc1ccccc1)NCC(O)c1ccco1. The van der Waals surface area contributed by atoms with Gasteiger partial charge in [-0.25, -0.2) is 0 Å². The second-order valence-corrected chi connectivity index (χ2v) is 4.77. The zero-order chi connectivity index (χ0) is 15.8. The summed E-state index contributed by atoms with van der Waals surface area (Å²) in [6, 6.07) is 12.6. The Morgan fingerprint density at radius 1 is 1.05 bits per heavy atom. The molecule has 3 N–H and O–H groups in total. The molecule has 0 fully saturated rings. The summed E-state index contributed by atoms with van der Waals surface area (Å²) in [6.07, 6.45) is 0.770. The molecule has 0 saturated heterocycles. The van der Waals surface area contributed by atoms with Crippen LogP contribution in [0, 0.1) is 0 Å². The van der Waals surface area contributed by atoms with Gasteiger partial charge in [0.25, 0.3) is 0 Å². The zero-order valence-electron chi connectivity index (χ0n) is 12.0. The highest BCUT2D eigenvalue weighted by molar-refractivity contribution is 5.85. The average Bonchev–Trinajstić information content (AvgIpc) is 3.06. The van der Waals surface area contributed by atoms with Gasteiger partial charge < -0.3 is 20.2 Å². The number of aliphatic hydroxyl groups is 1. The van der Waals surface area contributed by atoms with Gasteiger partial charge in [-0.1, -0.05) is 30.3 Å². The lowest BCUT2D eigenvalue weighted by Gasteiger charge is -2.10. The predicted molar refractivity (Wildman–Crippen MR) is 79.8 cm³/mol. The van der Waals surface area contributed by atoms with Gasteiger partial charge in [0.2, 0.25) is 11.8 Å². The molecule has 0 aliphatic carbocycles. The number of hydrogen-bond donors (Lipinski definition) is 3. The Balaban J connectivity index is 1.66. The minimum atomic E-state index is -0.904. The van der Waals surface area contributed by atoms with Gasteiger partial charge in [0.05, 0.1) is 25.8 Å². The van der Waals surface area contributed by atoms with Crippen molar-refractivity contribution in [1.82, 2.24) is 10.6 Å². The van der Waals surface area contributed by atoms with Gasteiger partial charge in [0.1, 0.15) is 11.9 Å². The summed E-state index contributed by atoms with van der Waals surface area (Å²) in [5.74, 6) is -0.214. The van der Waals surface area contributed by atoms with Gasteiger partial charge >= 0.3 is 0 Å². The molecule has 2 amide bonds. The minimum absolute atomic E-state index is 0.0287. The Morgan fingerprint density at radius 3 is 2.50 bits per heavy atom. The fourth-order valence-electron chi connectivity index (χ4n) is 1.88. The van der Waals surface area contributed by atoms with Crippen LogP contribution in [0.25, 0.3) is 0 Å². The van der Waals surface area contributed by atoms with Crippen LogP contribution in [0.5, 0.6) is 0 Å². The molecular formula is C16H18N2O4. The maximum atomic E-state index is 11.7. The van der Waals surface area contributed by atoms with E-state index in [4.69, 9.17) is 4.42 Å².